The molecular formula is C13H24N4O2. The largest absolute Gasteiger partial charge is 0.377 e. The van der Waals surface area contributed by atoms with Crippen LogP contribution in [0.5, 0.6) is 0 Å². The molecule has 6 heteroatoms. The lowest BCUT2D eigenvalue weighted by Gasteiger charge is -2.22. The zero-order valence-electron chi connectivity index (χ0n) is 11.7. The van der Waals surface area contributed by atoms with Crippen molar-refractivity contribution in [3.8, 4) is 0 Å². The molecule has 0 saturated carbocycles. The molecule has 0 radical (unpaired) electrons. The van der Waals surface area contributed by atoms with Gasteiger partial charge in [0.25, 0.3) is 0 Å². The number of hydrogen-bond donors (Lipinski definition) is 1. The Bertz CT molecular complexity index is 350. The molecule has 6 nitrogen and oxygen atoms in total. The highest BCUT2D eigenvalue weighted by Crippen LogP contribution is 2.12. The van der Waals surface area contributed by atoms with E-state index in [-0.39, 0.29) is 6.10 Å². The summed E-state index contributed by atoms with van der Waals surface area (Å²) in [6, 6.07) is 0. The van der Waals surface area contributed by atoms with Gasteiger partial charge in [-0.3, -0.25) is 0 Å². The first-order valence-electron chi connectivity index (χ1n) is 7.17. The van der Waals surface area contributed by atoms with E-state index in [1.54, 1.807) is 0 Å². The number of rotatable bonds is 8. The highest BCUT2D eigenvalue weighted by molar-refractivity contribution is 4.91. The quantitative estimate of drug-likeness (QED) is 0.712. The van der Waals surface area contributed by atoms with E-state index in [2.05, 4.69) is 22.6 Å². The monoisotopic (exact) mass is 268 g/mol. The minimum absolute atomic E-state index is 0.286. The summed E-state index contributed by atoms with van der Waals surface area (Å²) in [4.78, 5) is 0. The van der Waals surface area contributed by atoms with E-state index in [0.29, 0.717) is 13.2 Å². The van der Waals surface area contributed by atoms with Crippen molar-refractivity contribution in [3.63, 3.8) is 0 Å². The van der Waals surface area contributed by atoms with E-state index >= 15 is 0 Å². The minimum atomic E-state index is 0.286. The molecule has 0 aliphatic carbocycles. The van der Waals surface area contributed by atoms with Gasteiger partial charge < -0.3 is 14.8 Å². The van der Waals surface area contributed by atoms with Crippen molar-refractivity contribution in [3.05, 3.63) is 11.9 Å². The highest BCUT2D eigenvalue weighted by Gasteiger charge is 2.13. The van der Waals surface area contributed by atoms with Crippen molar-refractivity contribution < 1.29 is 9.47 Å². The van der Waals surface area contributed by atoms with Gasteiger partial charge in [-0.05, 0) is 25.8 Å². The van der Waals surface area contributed by atoms with Crippen LogP contribution in [0.15, 0.2) is 6.20 Å². The fourth-order valence-corrected chi connectivity index (χ4v) is 2.09. The van der Waals surface area contributed by atoms with Crippen LogP contribution in [0.2, 0.25) is 0 Å². The summed E-state index contributed by atoms with van der Waals surface area (Å²) in [7, 11) is 0. The summed E-state index contributed by atoms with van der Waals surface area (Å²) >= 11 is 0. The Labute approximate surface area is 114 Å². The van der Waals surface area contributed by atoms with E-state index in [0.717, 1.165) is 38.4 Å². The lowest BCUT2D eigenvalue weighted by atomic mass is 10.1. The van der Waals surface area contributed by atoms with Crippen molar-refractivity contribution in [2.45, 2.75) is 45.4 Å². The molecule has 19 heavy (non-hydrogen) atoms. The number of aromatic nitrogens is 3. The number of nitrogens with zero attached hydrogens (tertiary/aromatic N) is 3. The Morgan fingerprint density at radius 1 is 1.53 bits per heavy atom. The number of ether oxygens (including phenoxy) is 2. The molecule has 1 aromatic heterocycles. The van der Waals surface area contributed by atoms with Crippen molar-refractivity contribution in [2.24, 2.45) is 0 Å². The highest BCUT2D eigenvalue weighted by atomic mass is 16.5. The van der Waals surface area contributed by atoms with Crippen LogP contribution in [-0.4, -0.2) is 47.5 Å². The van der Waals surface area contributed by atoms with Gasteiger partial charge >= 0.3 is 0 Å². The fourth-order valence-electron chi connectivity index (χ4n) is 2.09. The molecule has 1 aliphatic rings. The van der Waals surface area contributed by atoms with Crippen molar-refractivity contribution in [1.29, 1.82) is 0 Å². The van der Waals surface area contributed by atoms with Crippen LogP contribution in [0.4, 0.5) is 0 Å². The maximum Gasteiger partial charge on any atom is 0.0964 e. The Morgan fingerprint density at radius 3 is 3.26 bits per heavy atom. The maximum atomic E-state index is 5.64. The van der Waals surface area contributed by atoms with Crippen molar-refractivity contribution in [2.75, 3.05) is 26.4 Å². The first kappa shape index (κ1) is 14.4. The third-order valence-corrected chi connectivity index (χ3v) is 3.18. The average molecular weight is 268 g/mol. The summed E-state index contributed by atoms with van der Waals surface area (Å²) in [6.45, 7) is 6.76. The van der Waals surface area contributed by atoms with Crippen molar-refractivity contribution in [1.82, 2.24) is 20.3 Å². The zero-order valence-corrected chi connectivity index (χ0v) is 11.7. The summed E-state index contributed by atoms with van der Waals surface area (Å²) in [6.07, 6.45) is 5.81. The van der Waals surface area contributed by atoms with Crippen LogP contribution < -0.4 is 5.32 Å². The Kier molecular flexibility index (Phi) is 6.26. The van der Waals surface area contributed by atoms with E-state index in [1.165, 1.54) is 12.8 Å². The van der Waals surface area contributed by atoms with Gasteiger partial charge in [0.2, 0.25) is 0 Å². The third kappa shape index (κ3) is 5.26. The second-order valence-corrected chi connectivity index (χ2v) is 4.82. The van der Waals surface area contributed by atoms with E-state index in [9.17, 15) is 0 Å². The van der Waals surface area contributed by atoms with Crippen LogP contribution in [0.3, 0.4) is 0 Å². The van der Waals surface area contributed by atoms with Gasteiger partial charge in [0.15, 0.2) is 0 Å². The molecule has 1 aromatic rings. The lowest BCUT2D eigenvalue weighted by Crippen LogP contribution is -2.25. The van der Waals surface area contributed by atoms with Gasteiger partial charge in [-0.2, -0.15) is 0 Å². The number of nitrogens with one attached hydrogen (secondary N) is 1. The first-order chi connectivity index (χ1) is 9.38. The molecule has 0 bridgehead atoms. The molecule has 0 spiro atoms. The van der Waals surface area contributed by atoms with Gasteiger partial charge in [-0.1, -0.05) is 12.1 Å². The topological polar surface area (TPSA) is 61.2 Å². The van der Waals surface area contributed by atoms with Crippen LogP contribution in [0, 0.1) is 0 Å². The molecule has 0 aromatic carbocycles. The van der Waals surface area contributed by atoms with Gasteiger partial charge in [-0.15, -0.1) is 5.10 Å². The SMILES string of the molecule is CCNCc1cn(CCOCC2CCCCO2)nn1. The smallest absolute Gasteiger partial charge is 0.0964 e. The molecule has 108 valence electrons. The first-order valence-corrected chi connectivity index (χ1v) is 7.17. The summed E-state index contributed by atoms with van der Waals surface area (Å²) in [5, 5.41) is 11.4. The molecule has 1 aliphatic heterocycles. The standard InChI is InChI=1S/C13H24N4O2/c1-2-14-9-12-10-17(16-15-12)6-8-18-11-13-5-3-4-7-19-13/h10,13-14H,2-9,11H2,1H3. The van der Waals surface area contributed by atoms with Gasteiger partial charge in [0.1, 0.15) is 0 Å². The molecule has 1 unspecified atom stereocenters. The van der Waals surface area contributed by atoms with Crippen LogP contribution in [0.1, 0.15) is 31.9 Å². The molecule has 1 atom stereocenters. The second kappa shape index (κ2) is 8.24. The molecule has 0 amide bonds. The summed E-state index contributed by atoms with van der Waals surface area (Å²) in [5.74, 6) is 0. The van der Waals surface area contributed by atoms with E-state index in [1.807, 2.05) is 10.9 Å². The molecule has 2 rings (SSSR count). The molecule has 1 fully saturated rings. The summed E-state index contributed by atoms with van der Waals surface area (Å²) in [5.41, 5.74) is 0.970. The lowest BCUT2D eigenvalue weighted by molar-refractivity contribution is -0.0421. The van der Waals surface area contributed by atoms with Crippen LogP contribution >= 0.6 is 0 Å². The Hall–Kier alpha value is -0.980. The summed E-state index contributed by atoms with van der Waals surface area (Å²) < 4.78 is 13.1. The average Bonchev–Trinajstić information content (AvgIpc) is 2.90. The van der Waals surface area contributed by atoms with E-state index < -0.39 is 0 Å². The Morgan fingerprint density at radius 2 is 2.47 bits per heavy atom. The van der Waals surface area contributed by atoms with Crippen molar-refractivity contribution >= 4 is 0 Å². The minimum Gasteiger partial charge on any atom is -0.377 e. The molecule has 1 N–H and O–H groups in total. The maximum absolute atomic E-state index is 5.64. The molecular weight excluding hydrogens is 244 g/mol. The van der Waals surface area contributed by atoms with Gasteiger partial charge in [0, 0.05) is 19.3 Å². The van der Waals surface area contributed by atoms with Crippen LogP contribution in [0.25, 0.3) is 0 Å². The molecule has 2 heterocycles. The number of hydrogen-bond acceptors (Lipinski definition) is 5. The third-order valence-electron chi connectivity index (χ3n) is 3.18. The molecule has 1 saturated heterocycles. The zero-order chi connectivity index (χ0) is 13.3. The van der Waals surface area contributed by atoms with E-state index in [4.69, 9.17) is 9.47 Å². The predicted molar refractivity (Wildman–Crippen MR) is 71.8 cm³/mol. The van der Waals surface area contributed by atoms with Gasteiger partial charge in [0.05, 0.1) is 31.6 Å². The normalized spacial score (nSPS) is 19.7. The predicted octanol–water partition coefficient (Wildman–Crippen LogP) is 0.973. The fraction of sp³-hybridized carbons (Fsp3) is 0.846. The Balaban J connectivity index is 1.58. The second-order valence-electron chi connectivity index (χ2n) is 4.82. The van der Waals surface area contributed by atoms with Crippen LogP contribution in [-0.2, 0) is 22.6 Å². The van der Waals surface area contributed by atoms with Gasteiger partial charge in [-0.25, -0.2) is 4.68 Å².